The van der Waals surface area contributed by atoms with Gasteiger partial charge in [-0.25, -0.2) is 0 Å². The molecule has 78 valence electrons. The van der Waals surface area contributed by atoms with E-state index >= 15 is 0 Å². The van der Waals surface area contributed by atoms with Gasteiger partial charge in [-0.1, -0.05) is 13.0 Å². The van der Waals surface area contributed by atoms with Gasteiger partial charge in [0.2, 0.25) is 0 Å². The summed E-state index contributed by atoms with van der Waals surface area (Å²) in [6, 6.07) is 8.48. The molecule has 2 N–H and O–H groups in total. The minimum atomic E-state index is 0.897. The molecule has 0 radical (unpaired) electrons. The predicted molar refractivity (Wildman–Crippen MR) is 68.3 cm³/mol. The van der Waals surface area contributed by atoms with Gasteiger partial charge in [0.25, 0.3) is 0 Å². The maximum Gasteiger partial charge on any atom is 0.0346 e. The van der Waals surface area contributed by atoms with E-state index in [0.717, 1.165) is 12.1 Å². The van der Waals surface area contributed by atoms with Gasteiger partial charge in [0.15, 0.2) is 0 Å². The van der Waals surface area contributed by atoms with Crippen LogP contribution in [-0.2, 0) is 6.42 Å². The van der Waals surface area contributed by atoms with Gasteiger partial charge in [-0.05, 0) is 53.6 Å². The van der Waals surface area contributed by atoms with E-state index in [1.165, 1.54) is 21.6 Å². The molecule has 0 aliphatic heterocycles. The van der Waals surface area contributed by atoms with Crippen molar-refractivity contribution in [3.05, 3.63) is 40.1 Å². The van der Waals surface area contributed by atoms with Crippen LogP contribution >= 0.6 is 11.3 Å². The molecule has 0 amide bonds. The molecule has 0 saturated carbocycles. The van der Waals surface area contributed by atoms with Crippen molar-refractivity contribution in [1.29, 1.82) is 0 Å². The smallest absolute Gasteiger partial charge is 0.0346 e. The molecule has 0 saturated heterocycles. The van der Waals surface area contributed by atoms with Crippen molar-refractivity contribution in [2.45, 2.75) is 20.3 Å². The molecular formula is C13H15NS. The van der Waals surface area contributed by atoms with Gasteiger partial charge < -0.3 is 5.73 Å². The number of rotatable bonds is 2. The van der Waals surface area contributed by atoms with E-state index in [9.17, 15) is 0 Å². The molecule has 0 spiro atoms. The van der Waals surface area contributed by atoms with Gasteiger partial charge in [-0.2, -0.15) is 0 Å². The highest BCUT2D eigenvalue weighted by Crippen LogP contribution is 2.29. The van der Waals surface area contributed by atoms with Gasteiger partial charge in [-0.3, -0.25) is 0 Å². The highest BCUT2D eigenvalue weighted by molar-refractivity contribution is 7.10. The summed E-state index contributed by atoms with van der Waals surface area (Å²) in [4.78, 5) is 1.36. The molecule has 2 heteroatoms. The highest BCUT2D eigenvalue weighted by Gasteiger charge is 2.05. The van der Waals surface area contributed by atoms with Crippen molar-refractivity contribution in [1.82, 2.24) is 0 Å². The number of hydrogen-bond acceptors (Lipinski definition) is 2. The summed E-state index contributed by atoms with van der Waals surface area (Å²) in [5.74, 6) is 0. The van der Waals surface area contributed by atoms with Crippen LogP contribution in [0.1, 0.15) is 17.4 Å². The Balaban J connectivity index is 2.51. The molecule has 0 aliphatic carbocycles. The van der Waals surface area contributed by atoms with Crippen molar-refractivity contribution in [2.75, 3.05) is 5.73 Å². The van der Waals surface area contributed by atoms with E-state index in [1.807, 2.05) is 6.07 Å². The lowest BCUT2D eigenvalue weighted by atomic mass is 10.0. The largest absolute Gasteiger partial charge is 0.399 e. The topological polar surface area (TPSA) is 26.0 Å². The van der Waals surface area contributed by atoms with E-state index < -0.39 is 0 Å². The minimum absolute atomic E-state index is 0.897. The Kier molecular flexibility index (Phi) is 2.78. The van der Waals surface area contributed by atoms with Crippen LogP contribution < -0.4 is 5.73 Å². The van der Waals surface area contributed by atoms with E-state index in [2.05, 4.69) is 37.4 Å². The van der Waals surface area contributed by atoms with Gasteiger partial charge in [0, 0.05) is 10.6 Å². The third-order valence-corrected chi connectivity index (χ3v) is 3.54. The monoisotopic (exact) mass is 217 g/mol. The van der Waals surface area contributed by atoms with Crippen LogP contribution in [0.2, 0.25) is 0 Å². The first-order chi connectivity index (χ1) is 7.22. The van der Waals surface area contributed by atoms with E-state index in [-0.39, 0.29) is 0 Å². The van der Waals surface area contributed by atoms with Crippen LogP contribution in [0.25, 0.3) is 11.1 Å². The summed E-state index contributed by atoms with van der Waals surface area (Å²) in [5, 5.41) is 2.13. The summed E-state index contributed by atoms with van der Waals surface area (Å²) < 4.78 is 0. The molecule has 1 heterocycles. The predicted octanol–water partition coefficient (Wildman–Crippen LogP) is 3.87. The summed E-state index contributed by atoms with van der Waals surface area (Å²) in [6.45, 7) is 4.29. The summed E-state index contributed by atoms with van der Waals surface area (Å²) in [7, 11) is 0. The summed E-state index contributed by atoms with van der Waals surface area (Å²) in [6.07, 6.45) is 0.989. The summed E-state index contributed by atoms with van der Waals surface area (Å²) in [5.41, 5.74) is 10.6. The maximum atomic E-state index is 5.89. The zero-order chi connectivity index (χ0) is 10.8. The number of thiophene rings is 1. The van der Waals surface area contributed by atoms with Gasteiger partial charge in [-0.15, -0.1) is 11.3 Å². The van der Waals surface area contributed by atoms with Crippen LogP contribution in [0.3, 0.4) is 0 Å². The first-order valence-corrected chi connectivity index (χ1v) is 6.03. The van der Waals surface area contributed by atoms with Gasteiger partial charge >= 0.3 is 0 Å². The quantitative estimate of drug-likeness (QED) is 0.759. The zero-order valence-corrected chi connectivity index (χ0v) is 9.90. The average Bonchev–Trinajstić information content (AvgIpc) is 2.65. The Morgan fingerprint density at radius 3 is 2.67 bits per heavy atom. The molecule has 0 fully saturated rings. The van der Waals surface area contributed by atoms with Crippen LogP contribution in [0, 0.1) is 6.92 Å². The number of nitrogen functional groups attached to an aromatic ring is 1. The van der Waals surface area contributed by atoms with Crippen molar-refractivity contribution >= 4 is 17.0 Å². The van der Waals surface area contributed by atoms with Crippen LogP contribution in [0.5, 0.6) is 0 Å². The van der Waals surface area contributed by atoms with E-state index in [1.54, 1.807) is 11.3 Å². The first kappa shape index (κ1) is 10.2. The number of aryl methyl sites for hydroxylation is 2. The van der Waals surface area contributed by atoms with E-state index in [4.69, 9.17) is 5.73 Å². The maximum absolute atomic E-state index is 5.89. The fourth-order valence-corrected chi connectivity index (χ4v) is 2.49. The van der Waals surface area contributed by atoms with Crippen LogP contribution in [0.15, 0.2) is 29.6 Å². The Hall–Kier alpha value is -1.28. The number of nitrogens with two attached hydrogens (primary N) is 1. The standard InChI is InChI=1S/C13H15NS/c1-3-10-8-11(4-5-13(10)14)12-6-7-15-9(12)2/h4-8H,3,14H2,1-2H3. The van der Waals surface area contributed by atoms with Gasteiger partial charge in [0.1, 0.15) is 0 Å². The Bertz CT molecular complexity index is 471. The highest BCUT2D eigenvalue weighted by atomic mass is 32.1. The molecule has 0 atom stereocenters. The SMILES string of the molecule is CCc1cc(-c2ccsc2C)ccc1N. The fraction of sp³-hybridized carbons (Fsp3) is 0.231. The normalized spacial score (nSPS) is 10.5. The molecule has 15 heavy (non-hydrogen) atoms. The second kappa shape index (κ2) is 4.07. The number of benzene rings is 1. The van der Waals surface area contributed by atoms with Crippen molar-refractivity contribution in [3.63, 3.8) is 0 Å². The van der Waals surface area contributed by atoms with Crippen LogP contribution in [0.4, 0.5) is 5.69 Å². The first-order valence-electron chi connectivity index (χ1n) is 5.15. The molecule has 0 unspecified atom stereocenters. The lowest BCUT2D eigenvalue weighted by molar-refractivity contribution is 1.15. The van der Waals surface area contributed by atoms with Crippen LogP contribution in [-0.4, -0.2) is 0 Å². The third-order valence-electron chi connectivity index (χ3n) is 2.69. The van der Waals surface area contributed by atoms with E-state index in [0.29, 0.717) is 0 Å². The Labute approximate surface area is 94.6 Å². The molecule has 1 nitrogen and oxygen atoms in total. The van der Waals surface area contributed by atoms with Crippen molar-refractivity contribution in [2.24, 2.45) is 0 Å². The number of anilines is 1. The third kappa shape index (κ3) is 1.90. The van der Waals surface area contributed by atoms with Gasteiger partial charge in [0.05, 0.1) is 0 Å². The summed E-state index contributed by atoms with van der Waals surface area (Å²) >= 11 is 1.79. The molecule has 0 bridgehead atoms. The zero-order valence-electron chi connectivity index (χ0n) is 9.08. The van der Waals surface area contributed by atoms with Crippen molar-refractivity contribution < 1.29 is 0 Å². The average molecular weight is 217 g/mol. The Morgan fingerprint density at radius 2 is 2.07 bits per heavy atom. The molecule has 0 aliphatic rings. The second-order valence-corrected chi connectivity index (χ2v) is 4.78. The molecule has 1 aromatic carbocycles. The number of hydrogen-bond donors (Lipinski definition) is 1. The lowest BCUT2D eigenvalue weighted by Gasteiger charge is -2.06. The fourth-order valence-electron chi connectivity index (χ4n) is 1.76. The van der Waals surface area contributed by atoms with Crippen molar-refractivity contribution in [3.8, 4) is 11.1 Å². The molecular weight excluding hydrogens is 202 g/mol. The molecule has 1 aromatic heterocycles. The molecule has 2 rings (SSSR count). The second-order valence-electron chi connectivity index (χ2n) is 3.66. The lowest BCUT2D eigenvalue weighted by Crippen LogP contribution is -1.92. The minimum Gasteiger partial charge on any atom is -0.399 e. The molecule has 2 aromatic rings. The Morgan fingerprint density at radius 1 is 1.27 bits per heavy atom.